The van der Waals surface area contributed by atoms with Crippen molar-refractivity contribution in [2.24, 2.45) is 23.0 Å². The molecule has 1 aliphatic rings. The topological polar surface area (TPSA) is 61.5 Å². The Balaban J connectivity index is 2.49. The first-order valence-corrected chi connectivity index (χ1v) is 6.43. The van der Waals surface area contributed by atoms with E-state index in [4.69, 9.17) is 15.2 Å². The zero-order valence-corrected chi connectivity index (χ0v) is 11.2. The Labute approximate surface area is 104 Å². The zero-order chi connectivity index (χ0) is 12.9. The molecule has 0 aliphatic heterocycles. The van der Waals surface area contributed by atoms with E-state index in [-0.39, 0.29) is 5.97 Å². The normalized spacial score (nSPS) is 19.1. The maximum absolute atomic E-state index is 11.9. The Bertz CT molecular complexity index is 251. The van der Waals surface area contributed by atoms with E-state index in [2.05, 4.69) is 13.8 Å². The van der Waals surface area contributed by atoms with Gasteiger partial charge < -0.3 is 15.2 Å². The second-order valence-electron chi connectivity index (χ2n) is 5.34. The van der Waals surface area contributed by atoms with Crippen LogP contribution in [0.1, 0.15) is 33.1 Å². The Morgan fingerprint density at radius 2 is 2.12 bits per heavy atom. The molecule has 0 aromatic rings. The molecule has 1 rings (SSSR count). The van der Waals surface area contributed by atoms with Crippen molar-refractivity contribution in [1.29, 1.82) is 0 Å². The van der Waals surface area contributed by atoms with Crippen molar-refractivity contribution in [3.05, 3.63) is 0 Å². The first-order chi connectivity index (χ1) is 8.06. The average molecular weight is 243 g/mol. The number of esters is 1. The van der Waals surface area contributed by atoms with Crippen LogP contribution in [0.25, 0.3) is 0 Å². The number of methoxy groups -OCH3 is 1. The summed E-state index contributed by atoms with van der Waals surface area (Å²) in [4.78, 5) is 11.9. The standard InChI is InChI=1S/C13H25NO3/c1-10(2)8-17-7-6-13(9-14,11-4-5-11)12(15)16-3/h10-11H,4-9,14H2,1-3H3. The Hall–Kier alpha value is -0.610. The van der Waals surface area contributed by atoms with E-state index in [1.54, 1.807) is 0 Å². The maximum atomic E-state index is 11.9. The lowest BCUT2D eigenvalue weighted by molar-refractivity contribution is -0.155. The molecular formula is C13H25NO3. The summed E-state index contributed by atoms with van der Waals surface area (Å²) in [5.74, 6) is 0.736. The molecule has 0 spiro atoms. The van der Waals surface area contributed by atoms with Crippen molar-refractivity contribution >= 4 is 5.97 Å². The largest absolute Gasteiger partial charge is 0.469 e. The van der Waals surface area contributed by atoms with Crippen LogP contribution in [0.2, 0.25) is 0 Å². The molecule has 0 amide bonds. The molecule has 4 nitrogen and oxygen atoms in total. The Morgan fingerprint density at radius 3 is 2.53 bits per heavy atom. The molecule has 1 saturated carbocycles. The van der Waals surface area contributed by atoms with Crippen molar-refractivity contribution in [2.75, 3.05) is 26.9 Å². The third-order valence-corrected chi connectivity index (χ3v) is 3.46. The summed E-state index contributed by atoms with van der Waals surface area (Å²) in [6, 6.07) is 0. The highest BCUT2D eigenvalue weighted by Gasteiger charge is 2.50. The summed E-state index contributed by atoms with van der Waals surface area (Å²) >= 11 is 0. The van der Waals surface area contributed by atoms with Crippen LogP contribution in [0, 0.1) is 17.3 Å². The summed E-state index contributed by atoms with van der Waals surface area (Å²) in [5.41, 5.74) is 5.30. The summed E-state index contributed by atoms with van der Waals surface area (Å²) in [5, 5.41) is 0. The third-order valence-electron chi connectivity index (χ3n) is 3.46. The lowest BCUT2D eigenvalue weighted by Gasteiger charge is -2.29. The Morgan fingerprint density at radius 1 is 1.47 bits per heavy atom. The molecule has 4 heteroatoms. The number of ether oxygens (including phenoxy) is 2. The van der Waals surface area contributed by atoms with Gasteiger partial charge in [-0.2, -0.15) is 0 Å². The summed E-state index contributed by atoms with van der Waals surface area (Å²) < 4.78 is 10.5. The highest BCUT2D eigenvalue weighted by Crippen LogP contribution is 2.48. The Kier molecular flexibility index (Phi) is 5.40. The van der Waals surface area contributed by atoms with Crippen molar-refractivity contribution in [1.82, 2.24) is 0 Å². The van der Waals surface area contributed by atoms with Gasteiger partial charge in [-0.25, -0.2) is 0 Å². The maximum Gasteiger partial charge on any atom is 0.313 e. The lowest BCUT2D eigenvalue weighted by atomic mass is 9.79. The first kappa shape index (κ1) is 14.5. The van der Waals surface area contributed by atoms with E-state index in [0.717, 1.165) is 19.4 Å². The van der Waals surface area contributed by atoms with E-state index in [9.17, 15) is 4.79 Å². The highest BCUT2D eigenvalue weighted by atomic mass is 16.5. The zero-order valence-electron chi connectivity index (χ0n) is 11.2. The molecule has 17 heavy (non-hydrogen) atoms. The summed E-state index contributed by atoms with van der Waals surface area (Å²) in [7, 11) is 1.43. The van der Waals surface area contributed by atoms with Crippen LogP contribution < -0.4 is 5.73 Å². The minimum Gasteiger partial charge on any atom is -0.469 e. The smallest absolute Gasteiger partial charge is 0.313 e. The van der Waals surface area contributed by atoms with Gasteiger partial charge in [-0.15, -0.1) is 0 Å². The van der Waals surface area contributed by atoms with Crippen LogP contribution in [-0.2, 0) is 14.3 Å². The van der Waals surface area contributed by atoms with Gasteiger partial charge in [0.1, 0.15) is 0 Å². The van der Waals surface area contributed by atoms with E-state index in [1.807, 2.05) is 0 Å². The number of carbonyl (C=O) groups is 1. The molecule has 1 unspecified atom stereocenters. The molecule has 2 N–H and O–H groups in total. The molecule has 0 aromatic heterocycles. The van der Waals surface area contributed by atoms with Crippen LogP contribution in [0.5, 0.6) is 0 Å². The number of carbonyl (C=O) groups excluding carboxylic acids is 1. The molecule has 0 aromatic carbocycles. The van der Waals surface area contributed by atoms with Crippen LogP contribution in [0.3, 0.4) is 0 Å². The van der Waals surface area contributed by atoms with Gasteiger partial charge in [-0.3, -0.25) is 4.79 Å². The summed E-state index contributed by atoms with van der Waals surface area (Å²) in [6.07, 6.45) is 2.83. The van der Waals surface area contributed by atoms with Crippen LogP contribution in [0.15, 0.2) is 0 Å². The van der Waals surface area contributed by atoms with Crippen molar-refractivity contribution in [3.63, 3.8) is 0 Å². The molecule has 1 aliphatic carbocycles. The minimum atomic E-state index is -0.508. The van der Waals surface area contributed by atoms with Crippen molar-refractivity contribution in [3.8, 4) is 0 Å². The minimum absolute atomic E-state index is 0.171. The van der Waals surface area contributed by atoms with Gasteiger partial charge in [0.15, 0.2) is 0 Å². The molecule has 1 atom stereocenters. The average Bonchev–Trinajstić information content (AvgIpc) is 3.13. The third kappa shape index (κ3) is 3.68. The molecule has 100 valence electrons. The predicted octanol–water partition coefficient (Wildman–Crippen LogP) is 1.58. The van der Waals surface area contributed by atoms with Gasteiger partial charge in [-0.05, 0) is 31.1 Å². The SMILES string of the molecule is COC(=O)C(CN)(CCOCC(C)C)C1CC1. The lowest BCUT2D eigenvalue weighted by Crippen LogP contribution is -2.42. The molecule has 0 saturated heterocycles. The van der Waals surface area contributed by atoms with Crippen LogP contribution >= 0.6 is 0 Å². The molecule has 0 bridgehead atoms. The van der Waals surface area contributed by atoms with Crippen molar-refractivity contribution < 1.29 is 14.3 Å². The van der Waals surface area contributed by atoms with E-state index in [0.29, 0.717) is 31.4 Å². The van der Waals surface area contributed by atoms with E-state index in [1.165, 1.54) is 7.11 Å². The van der Waals surface area contributed by atoms with Crippen LogP contribution in [-0.4, -0.2) is 32.8 Å². The first-order valence-electron chi connectivity index (χ1n) is 6.43. The monoisotopic (exact) mass is 243 g/mol. The second kappa shape index (κ2) is 6.36. The number of nitrogens with two attached hydrogens (primary N) is 1. The van der Waals surface area contributed by atoms with Gasteiger partial charge in [-0.1, -0.05) is 13.8 Å². The van der Waals surface area contributed by atoms with Gasteiger partial charge in [0.25, 0.3) is 0 Å². The number of hydrogen-bond acceptors (Lipinski definition) is 4. The number of hydrogen-bond donors (Lipinski definition) is 1. The molecular weight excluding hydrogens is 218 g/mol. The van der Waals surface area contributed by atoms with E-state index < -0.39 is 5.41 Å². The quantitative estimate of drug-likeness (QED) is 0.519. The molecule has 0 heterocycles. The fraction of sp³-hybridized carbons (Fsp3) is 0.923. The fourth-order valence-electron chi connectivity index (χ4n) is 2.24. The summed E-state index contributed by atoms with van der Waals surface area (Å²) in [6.45, 7) is 5.89. The molecule has 1 fully saturated rings. The van der Waals surface area contributed by atoms with Crippen molar-refractivity contribution in [2.45, 2.75) is 33.1 Å². The number of rotatable bonds is 8. The fourth-order valence-corrected chi connectivity index (χ4v) is 2.24. The second-order valence-corrected chi connectivity index (χ2v) is 5.34. The van der Waals surface area contributed by atoms with Gasteiger partial charge in [0, 0.05) is 19.8 Å². The van der Waals surface area contributed by atoms with Gasteiger partial charge >= 0.3 is 5.97 Å². The van der Waals surface area contributed by atoms with Gasteiger partial charge in [0.2, 0.25) is 0 Å². The molecule has 0 radical (unpaired) electrons. The highest BCUT2D eigenvalue weighted by molar-refractivity contribution is 5.78. The van der Waals surface area contributed by atoms with E-state index >= 15 is 0 Å². The van der Waals surface area contributed by atoms with Crippen LogP contribution in [0.4, 0.5) is 0 Å². The predicted molar refractivity (Wildman–Crippen MR) is 66.5 cm³/mol. The van der Waals surface area contributed by atoms with Gasteiger partial charge in [0.05, 0.1) is 12.5 Å².